The Labute approximate surface area is 118 Å². The highest BCUT2D eigenvalue weighted by atomic mass is 16.6. The first-order valence-electron chi connectivity index (χ1n) is 6.58. The van der Waals surface area contributed by atoms with Crippen LogP contribution in [0.2, 0.25) is 0 Å². The van der Waals surface area contributed by atoms with E-state index in [0.717, 1.165) is 0 Å². The molecule has 7 heteroatoms. The Kier molecular flexibility index (Phi) is 5.35. The number of hydrogen-bond acceptors (Lipinski definition) is 5. The molecule has 1 fully saturated rings. The smallest absolute Gasteiger partial charge is 0.410 e. The fraction of sp³-hybridized carbons (Fsp3) is 0.769. The van der Waals surface area contributed by atoms with Crippen LogP contribution in [0.3, 0.4) is 0 Å². The quantitative estimate of drug-likeness (QED) is 0.696. The van der Waals surface area contributed by atoms with Crippen molar-refractivity contribution in [2.24, 2.45) is 0 Å². The zero-order valence-corrected chi connectivity index (χ0v) is 12.5. The van der Waals surface area contributed by atoms with Gasteiger partial charge in [0.15, 0.2) is 6.61 Å². The summed E-state index contributed by atoms with van der Waals surface area (Å²) in [5.74, 6) is -0.727. The number of carbonyl (C=O) groups excluding carboxylic acids is 3. The number of piperazine rings is 1. The van der Waals surface area contributed by atoms with E-state index in [1.165, 1.54) is 6.92 Å². The van der Waals surface area contributed by atoms with Crippen molar-refractivity contribution >= 4 is 18.0 Å². The van der Waals surface area contributed by atoms with Gasteiger partial charge >= 0.3 is 12.1 Å². The van der Waals surface area contributed by atoms with E-state index >= 15 is 0 Å². The maximum Gasteiger partial charge on any atom is 0.410 e. The Morgan fingerprint density at radius 1 is 1.00 bits per heavy atom. The third-order valence-electron chi connectivity index (χ3n) is 2.68. The van der Waals surface area contributed by atoms with E-state index in [4.69, 9.17) is 4.74 Å². The molecule has 1 heterocycles. The molecule has 20 heavy (non-hydrogen) atoms. The van der Waals surface area contributed by atoms with Gasteiger partial charge in [-0.05, 0) is 20.8 Å². The molecule has 114 valence electrons. The highest BCUT2D eigenvalue weighted by Gasteiger charge is 2.27. The Balaban J connectivity index is 2.38. The number of carbonyl (C=O) groups is 3. The molecule has 1 rings (SSSR count). The summed E-state index contributed by atoms with van der Waals surface area (Å²) in [6, 6.07) is 0. The van der Waals surface area contributed by atoms with E-state index in [1.807, 2.05) is 20.8 Å². The topological polar surface area (TPSA) is 76.2 Å². The lowest BCUT2D eigenvalue weighted by Gasteiger charge is -2.35. The van der Waals surface area contributed by atoms with Gasteiger partial charge in [-0.1, -0.05) is 0 Å². The largest absolute Gasteiger partial charge is 0.456 e. The minimum absolute atomic E-state index is 0.246. The number of ether oxygens (including phenoxy) is 2. The van der Waals surface area contributed by atoms with Gasteiger partial charge in [-0.3, -0.25) is 9.59 Å². The minimum atomic E-state index is -0.528. The van der Waals surface area contributed by atoms with E-state index < -0.39 is 11.6 Å². The molecule has 0 aliphatic carbocycles. The van der Waals surface area contributed by atoms with Crippen LogP contribution in [0.15, 0.2) is 0 Å². The van der Waals surface area contributed by atoms with Gasteiger partial charge in [-0.15, -0.1) is 0 Å². The third kappa shape index (κ3) is 5.46. The molecule has 0 aromatic rings. The molecule has 0 aromatic carbocycles. The molecule has 1 aliphatic heterocycles. The number of rotatable bonds is 2. The molecular weight excluding hydrogens is 264 g/mol. The van der Waals surface area contributed by atoms with Gasteiger partial charge < -0.3 is 19.3 Å². The predicted octanol–water partition coefficient (Wildman–Crippen LogP) is 0.629. The number of hydrogen-bond donors (Lipinski definition) is 0. The molecular formula is C13H22N2O5. The van der Waals surface area contributed by atoms with Crippen LogP contribution in [-0.2, 0) is 19.1 Å². The Morgan fingerprint density at radius 2 is 1.50 bits per heavy atom. The SMILES string of the molecule is CC(=O)OCC(=O)N1CCN(C(=O)OC(C)(C)C)CC1. The van der Waals surface area contributed by atoms with Crippen LogP contribution in [-0.4, -0.2) is 66.2 Å². The first-order valence-corrected chi connectivity index (χ1v) is 6.58. The monoisotopic (exact) mass is 286 g/mol. The lowest BCUT2D eigenvalue weighted by atomic mass is 10.2. The van der Waals surface area contributed by atoms with Crippen LogP contribution < -0.4 is 0 Å². The summed E-state index contributed by atoms with van der Waals surface area (Å²) in [7, 11) is 0. The van der Waals surface area contributed by atoms with E-state index in [1.54, 1.807) is 9.80 Å². The molecule has 0 unspecified atom stereocenters. The van der Waals surface area contributed by atoms with Gasteiger partial charge in [-0.25, -0.2) is 4.79 Å². The Bertz CT molecular complexity index is 381. The van der Waals surface area contributed by atoms with Crippen LogP contribution in [0.1, 0.15) is 27.7 Å². The van der Waals surface area contributed by atoms with Crippen molar-refractivity contribution < 1.29 is 23.9 Å². The van der Waals surface area contributed by atoms with Gasteiger partial charge in [0.25, 0.3) is 5.91 Å². The van der Waals surface area contributed by atoms with Gasteiger partial charge in [0.2, 0.25) is 0 Å². The highest BCUT2D eigenvalue weighted by Crippen LogP contribution is 2.11. The van der Waals surface area contributed by atoms with Crippen molar-refractivity contribution in [3.8, 4) is 0 Å². The fourth-order valence-corrected chi connectivity index (χ4v) is 1.72. The number of esters is 1. The molecule has 0 bridgehead atoms. The van der Waals surface area contributed by atoms with E-state index in [9.17, 15) is 14.4 Å². The molecule has 0 radical (unpaired) electrons. The van der Waals surface area contributed by atoms with Crippen molar-refractivity contribution in [3.63, 3.8) is 0 Å². The van der Waals surface area contributed by atoms with Gasteiger partial charge in [0.05, 0.1) is 0 Å². The zero-order chi connectivity index (χ0) is 15.3. The van der Waals surface area contributed by atoms with Crippen molar-refractivity contribution in [2.45, 2.75) is 33.3 Å². The van der Waals surface area contributed by atoms with E-state index in [-0.39, 0.29) is 18.6 Å². The van der Waals surface area contributed by atoms with E-state index in [0.29, 0.717) is 26.2 Å². The average Bonchev–Trinajstić information content (AvgIpc) is 2.34. The number of nitrogens with zero attached hydrogens (tertiary/aromatic N) is 2. The molecule has 1 saturated heterocycles. The first kappa shape index (κ1) is 16.3. The van der Waals surface area contributed by atoms with Gasteiger partial charge in [0.1, 0.15) is 5.60 Å². The maximum atomic E-state index is 11.8. The lowest BCUT2D eigenvalue weighted by Crippen LogP contribution is -2.52. The lowest BCUT2D eigenvalue weighted by molar-refractivity contribution is -0.150. The molecule has 0 spiro atoms. The van der Waals surface area contributed by atoms with Gasteiger partial charge in [-0.2, -0.15) is 0 Å². The van der Waals surface area contributed by atoms with Crippen LogP contribution in [0.4, 0.5) is 4.79 Å². The van der Waals surface area contributed by atoms with Crippen molar-refractivity contribution in [3.05, 3.63) is 0 Å². The third-order valence-corrected chi connectivity index (χ3v) is 2.68. The van der Waals surface area contributed by atoms with Crippen LogP contribution >= 0.6 is 0 Å². The zero-order valence-electron chi connectivity index (χ0n) is 12.5. The molecule has 0 N–H and O–H groups in total. The van der Waals surface area contributed by atoms with Gasteiger partial charge in [0, 0.05) is 33.1 Å². The van der Waals surface area contributed by atoms with Crippen molar-refractivity contribution in [2.75, 3.05) is 32.8 Å². The number of amides is 2. The summed E-state index contributed by atoms with van der Waals surface area (Å²) in [6.45, 7) is 8.10. The summed E-state index contributed by atoms with van der Waals surface area (Å²) in [5.41, 5.74) is -0.528. The van der Waals surface area contributed by atoms with E-state index in [2.05, 4.69) is 4.74 Å². The Morgan fingerprint density at radius 3 is 1.95 bits per heavy atom. The molecule has 0 saturated carbocycles. The average molecular weight is 286 g/mol. The van der Waals surface area contributed by atoms with Crippen LogP contribution in [0.5, 0.6) is 0 Å². The molecule has 7 nitrogen and oxygen atoms in total. The summed E-state index contributed by atoms with van der Waals surface area (Å²) < 4.78 is 9.93. The minimum Gasteiger partial charge on any atom is -0.456 e. The molecule has 0 atom stereocenters. The summed E-state index contributed by atoms with van der Waals surface area (Å²) in [6.07, 6.45) is -0.371. The molecule has 1 aliphatic rings. The molecule has 0 aromatic heterocycles. The molecule has 2 amide bonds. The maximum absolute atomic E-state index is 11.8. The standard InChI is InChI=1S/C13H22N2O5/c1-10(16)19-9-11(17)14-5-7-15(8-6-14)12(18)20-13(2,3)4/h5-9H2,1-4H3. The van der Waals surface area contributed by atoms with Crippen molar-refractivity contribution in [1.82, 2.24) is 9.80 Å². The second-order valence-corrected chi connectivity index (χ2v) is 5.63. The second kappa shape index (κ2) is 6.58. The summed E-state index contributed by atoms with van der Waals surface area (Å²) in [5, 5.41) is 0. The fourth-order valence-electron chi connectivity index (χ4n) is 1.72. The second-order valence-electron chi connectivity index (χ2n) is 5.63. The summed E-state index contributed by atoms with van der Waals surface area (Å²) in [4.78, 5) is 37.3. The highest BCUT2D eigenvalue weighted by molar-refractivity contribution is 5.80. The first-order chi connectivity index (χ1) is 9.19. The summed E-state index contributed by atoms with van der Waals surface area (Å²) >= 11 is 0. The Hall–Kier alpha value is -1.79. The van der Waals surface area contributed by atoms with Crippen LogP contribution in [0, 0.1) is 0 Å². The van der Waals surface area contributed by atoms with Crippen molar-refractivity contribution in [1.29, 1.82) is 0 Å². The normalized spacial score (nSPS) is 15.8. The predicted molar refractivity (Wildman–Crippen MR) is 71.0 cm³/mol. The van der Waals surface area contributed by atoms with Crippen LogP contribution in [0.25, 0.3) is 0 Å².